The smallest absolute Gasteiger partial charge is 0.333 e. The van der Waals surface area contributed by atoms with Gasteiger partial charge in [0.2, 0.25) is 0 Å². The van der Waals surface area contributed by atoms with Crippen molar-refractivity contribution >= 4 is 11.8 Å². The van der Waals surface area contributed by atoms with Gasteiger partial charge in [0.25, 0.3) is 0 Å². The molecular weight excluding hydrogens is 168 g/mol. The van der Waals surface area contributed by atoms with Crippen LogP contribution in [0.4, 0.5) is 0 Å². The predicted octanol–water partition coefficient (Wildman–Crippen LogP) is 0.497. The summed E-state index contributed by atoms with van der Waals surface area (Å²) in [4.78, 5) is 15.1. The molecule has 1 rings (SSSR count). The van der Waals surface area contributed by atoms with Crippen molar-refractivity contribution in [3.63, 3.8) is 0 Å². The third-order valence-corrected chi connectivity index (χ3v) is 1.66. The van der Waals surface area contributed by atoms with E-state index in [2.05, 4.69) is 16.9 Å². The van der Waals surface area contributed by atoms with E-state index in [1.165, 1.54) is 0 Å². The van der Waals surface area contributed by atoms with Gasteiger partial charge in [-0.3, -0.25) is 4.99 Å². The van der Waals surface area contributed by atoms with Crippen LogP contribution in [0.3, 0.4) is 0 Å². The lowest BCUT2D eigenvalue weighted by atomic mass is 10.3. The number of nitrogens with zero attached hydrogens (tertiary/aromatic N) is 1. The van der Waals surface area contributed by atoms with Crippen LogP contribution in [0.5, 0.6) is 0 Å². The molecule has 1 aliphatic rings. The Balaban J connectivity index is 2.13. The van der Waals surface area contributed by atoms with Crippen LogP contribution in [0, 0.1) is 0 Å². The average molecular weight is 182 g/mol. The van der Waals surface area contributed by atoms with E-state index in [9.17, 15) is 4.79 Å². The summed E-state index contributed by atoms with van der Waals surface area (Å²) in [5.41, 5.74) is 0.432. The third-order valence-electron chi connectivity index (χ3n) is 1.66. The van der Waals surface area contributed by atoms with Crippen LogP contribution in [0.15, 0.2) is 17.1 Å². The van der Waals surface area contributed by atoms with Gasteiger partial charge >= 0.3 is 5.97 Å². The van der Waals surface area contributed by atoms with E-state index in [-0.39, 0.29) is 5.97 Å². The zero-order valence-corrected chi connectivity index (χ0v) is 7.80. The Morgan fingerprint density at radius 3 is 3.08 bits per heavy atom. The normalized spacial score (nSPS) is 14.7. The predicted molar refractivity (Wildman–Crippen MR) is 50.7 cm³/mol. The van der Waals surface area contributed by atoms with Crippen LogP contribution in [-0.4, -0.2) is 31.5 Å². The SMILES string of the molecule is C=C(C)C(=O)OCCC1=NCCN1. The summed E-state index contributed by atoms with van der Waals surface area (Å²) in [5.74, 6) is 0.591. The number of amidine groups is 1. The highest BCUT2D eigenvalue weighted by Gasteiger charge is 2.06. The van der Waals surface area contributed by atoms with Crippen LogP contribution >= 0.6 is 0 Å². The molecule has 0 bridgehead atoms. The highest BCUT2D eigenvalue weighted by Crippen LogP contribution is 1.96. The molecule has 0 saturated carbocycles. The minimum absolute atomic E-state index is 0.335. The van der Waals surface area contributed by atoms with Gasteiger partial charge in [-0.05, 0) is 6.92 Å². The molecule has 0 amide bonds. The lowest BCUT2D eigenvalue weighted by Crippen LogP contribution is -2.20. The lowest BCUT2D eigenvalue weighted by Gasteiger charge is -2.04. The molecule has 0 unspecified atom stereocenters. The van der Waals surface area contributed by atoms with Crippen molar-refractivity contribution in [2.75, 3.05) is 19.7 Å². The first-order chi connectivity index (χ1) is 6.20. The molecule has 0 aromatic heterocycles. The quantitative estimate of drug-likeness (QED) is 0.508. The van der Waals surface area contributed by atoms with Crippen LogP contribution in [0.25, 0.3) is 0 Å². The second kappa shape index (κ2) is 4.64. The molecule has 0 fully saturated rings. The summed E-state index contributed by atoms with van der Waals surface area (Å²) in [5, 5.41) is 3.10. The summed E-state index contributed by atoms with van der Waals surface area (Å²) in [6, 6.07) is 0. The van der Waals surface area contributed by atoms with Gasteiger partial charge in [0.05, 0.1) is 19.0 Å². The maximum Gasteiger partial charge on any atom is 0.333 e. The summed E-state index contributed by atoms with van der Waals surface area (Å²) >= 11 is 0. The summed E-state index contributed by atoms with van der Waals surface area (Å²) in [6.07, 6.45) is 0.666. The van der Waals surface area contributed by atoms with Crippen molar-refractivity contribution in [2.24, 2.45) is 4.99 Å². The number of ether oxygens (including phenoxy) is 1. The van der Waals surface area contributed by atoms with E-state index in [1.54, 1.807) is 6.92 Å². The fourth-order valence-corrected chi connectivity index (χ4v) is 0.978. The number of hydrogen-bond donors (Lipinski definition) is 1. The number of hydrogen-bond acceptors (Lipinski definition) is 4. The number of carbonyl (C=O) groups excluding carboxylic acids is 1. The Bertz CT molecular complexity index is 244. The minimum Gasteiger partial charge on any atom is -0.462 e. The monoisotopic (exact) mass is 182 g/mol. The summed E-state index contributed by atoms with van der Waals surface area (Å²) in [6.45, 7) is 7.21. The Morgan fingerprint density at radius 1 is 1.77 bits per heavy atom. The summed E-state index contributed by atoms with van der Waals surface area (Å²) < 4.78 is 4.91. The fourth-order valence-electron chi connectivity index (χ4n) is 0.978. The molecule has 0 spiro atoms. The highest BCUT2D eigenvalue weighted by molar-refractivity contribution is 5.87. The van der Waals surface area contributed by atoms with Gasteiger partial charge in [0, 0.05) is 18.5 Å². The minimum atomic E-state index is -0.335. The lowest BCUT2D eigenvalue weighted by molar-refractivity contribution is -0.138. The van der Waals surface area contributed by atoms with Crippen LogP contribution in [-0.2, 0) is 9.53 Å². The Labute approximate surface area is 77.7 Å². The largest absolute Gasteiger partial charge is 0.462 e. The van der Waals surface area contributed by atoms with Gasteiger partial charge < -0.3 is 10.1 Å². The first-order valence-electron chi connectivity index (χ1n) is 4.30. The van der Waals surface area contributed by atoms with Crippen molar-refractivity contribution < 1.29 is 9.53 Å². The molecule has 0 aromatic rings. The van der Waals surface area contributed by atoms with E-state index >= 15 is 0 Å². The molecule has 4 heteroatoms. The number of nitrogens with one attached hydrogen (secondary N) is 1. The van der Waals surface area contributed by atoms with Crippen LogP contribution in [0.1, 0.15) is 13.3 Å². The van der Waals surface area contributed by atoms with Crippen molar-refractivity contribution in [3.05, 3.63) is 12.2 Å². The van der Waals surface area contributed by atoms with Crippen LogP contribution in [0.2, 0.25) is 0 Å². The van der Waals surface area contributed by atoms with Crippen LogP contribution < -0.4 is 5.32 Å². The van der Waals surface area contributed by atoms with Gasteiger partial charge in [-0.1, -0.05) is 6.58 Å². The molecule has 13 heavy (non-hydrogen) atoms. The highest BCUT2D eigenvalue weighted by atomic mass is 16.5. The molecule has 0 saturated heterocycles. The third kappa shape index (κ3) is 3.27. The van der Waals surface area contributed by atoms with Gasteiger partial charge in [-0.25, -0.2) is 4.79 Å². The van der Waals surface area contributed by atoms with Crippen molar-refractivity contribution in [3.8, 4) is 0 Å². The Kier molecular flexibility index (Phi) is 3.49. The van der Waals surface area contributed by atoms with Gasteiger partial charge in [-0.2, -0.15) is 0 Å². The Morgan fingerprint density at radius 2 is 2.54 bits per heavy atom. The first kappa shape index (κ1) is 9.77. The second-order valence-electron chi connectivity index (χ2n) is 2.92. The van der Waals surface area contributed by atoms with E-state index in [1.807, 2.05) is 0 Å². The van der Waals surface area contributed by atoms with E-state index < -0.39 is 0 Å². The topological polar surface area (TPSA) is 50.7 Å². The zero-order valence-electron chi connectivity index (χ0n) is 7.80. The standard InChI is InChI=1S/C9H14N2O2/c1-7(2)9(12)13-6-3-8-10-4-5-11-8/h1,3-6H2,2H3,(H,10,11). The van der Waals surface area contributed by atoms with E-state index in [4.69, 9.17) is 4.74 Å². The molecule has 0 aliphatic carbocycles. The zero-order chi connectivity index (χ0) is 9.68. The van der Waals surface area contributed by atoms with Gasteiger partial charge in [0.1, 0.15) is 0 Å². The second-order valence-corrected chi connectivity index (χ2v) is 2.92. The maximum absolute atomic E-state index is 10.9. The number of rotatable bonds is 4. The van der Waals surface area contributed by atoms with Crippen molar-refractivity contribution in [1.29, 1.82) is 0 Å². The first-order valence-corrected chi connectivity index (χ1v) is 4.30. The van der Waals surface area contributed by atoms with Gasteiger partial charge in [-0.15, -0.1) is 0 Å². The molecule has 0 radical (unpaired) electrons. The summed E-state index contributed by atoms with van der Waals surface area (Å²) in [7, 11) is 0. The molecule has 1 heterocycles. The number of esters is 1. The molecule has 1 N–H and O–H groups in total. The molecule has 1 aliphatic heterocycles. The molecule has 4 nitrogen and oxygen atoms in total. The molecule has 72 valence electrons. The number of carbonyl (C=O) groups is 1. The maximum atomic E-state index is 10.9. The van der Waals surface area contributed by atoms with E-state index in [0.717, 1.165) is 18.9 Å². The molecule has 0 aromatic carbocycles. The molecule has 0 atom stereocenters. The van der Waals surface area contributed by atoms with Crippen molar-refractivity contribution in [1.82, 2.24) is 5.32 Å². The van der Waals surface area contributed by atoms with Crippen molar-refractivity contribution in [2.45, 2.75) is 13.3 Å². The Hall–Kier alpha value is -1.32. The number of aliphatic imine (C=N–C) groups is 1. The average Bonchev–Trinajstić information content (AvgIpc) is 2.56. The fraction of sp³-hybridized carbons (Fsp3) is 0.556. The van der Waals surface area contributed by atoms with E-state index in [0.29, 0.717) is 18.6 Å². The molecular formula is C9H14N2O2. The van der Waals surface area contributed by atoms with Gasteiger partial charge in [0.15, 0.2) is 0 Å².